The highest BCUT2D eigenvalue weighted by atomic mass is 32.1. The molecule has 1 heteroatoms. The minimum absolute atomic E-state index is 1.11. The third-order valence-electron chi connectivity index (χ3n) is 2.18. The summed E-state index contributed by atoms with van der Waals surface area (Å²) in [4.78, 5) is 1.37. The van der Waals surface area contributed by atoms with Crippen LogP contribution in [-0.4, -0.2) is 0 Å². The zero-order valence-corrected chi connectivity index (χ0v) is 8.47. The van der Waals surface area contributed by atoms with Gasteiger partial charge in [0.2, 0.25) is 0 Å². The number of thiophene rings is 1. The van der Waals surface area contributed by atoms with E-state index in [-0.39, 0.29) is 0 Å². The van der Waals surface area contributed by atoms with E-state index in [2.05, 4.69) is 48.7 Å². The average molecular weight is 188 g/mol. The van der Waals surface area contributed by atoms with Gasteiger partial charge in [-0.2, -0.15) is 0 Å². The monoisotopic (exact) mass is 188 g/mol. The van der Waals surface area contributed by atoms with Crippen LogP contribution in [0.25, 0.3) is 10.4 Å². The van der Waals surface area contributed by atoms with E-state index in [1.165, 1.54) is 16.0 Å². The summed E-state index contributed by atoms with van der Waals surface area (Å²) < 4.78 is 0. The van der Waals surface area contributed by atoms with Gasteiger partial charge in [-0.05, 0) is 29.0 Å². The van der Waals surface area contributed by atoms with Crippen molar-refractivity contribution in [1.29, 1.82) is 0 Å². The van der Waals surface area contributed by atoms with Gasteiger partial charge in [0.15, 0.2) is 0 Å². The summed E-state index contributed by atoms with van der Waals surface area (Å²) in [6.07, 6.45) is 1.11. The van der Waals surface area contributed by atoms with Gasteiger partial charge in [-0.25, -0.2) is 0 Å². The van der Waals surface area contributed by atoms with Gasteiger partial charge in [-0.3, -0.25) is 0 Å². The highest BCUT2D eigenvalue weighted by Crippen LogP contribution is 2.27. The van der Waals surface area contributed by atoms with E-state index in [0.29, 0.717) is 0 Å². The summed E-state index contributed by atoms with van der Waals surface area (Å²) >= 11 is 1.81. The zero-order chi connectivity index (χ0) is 9.10. The van der Waals surface area contributed by atoms with E-state index in [4.69, 9.17) is 0 Å². The van der Waals surface area contributed by atoms with Crippen LogP contribution in [0, 0.1) is 0 Å². The predicted octanol–water partition coefficient (Wildman–Crippen LogP) is 3.98. The molecule has 0 atom stereocenters. The van der Waals surface area contributed by atoms with E-state index in [1.807, 2.05) is 0 Å². The molecule has 0 N–H and O–H groups in total. The lowest BCUT2D eigenvalue weighted by molar-refractivity contribution is 1.14. The van der Waals surface area contributed by atoms with E-state index in [1.54, 1.807) is 11.3 Å². The van der Waals surface area contributed by atoms with Crippen LogP contribution in [-0.2, 0) is 6.42 Å². The van der Waals surface area contributed by atoms with Gasteiger partial charge in [0.25, 0.3) is 0 Å². The molecule has 0 aliphatic rings. The minimum atomic E-state index is 1.11. The van der Waals surface area contributed by atoms with Gasteiger partial charge < -0.3 is 0 Å². The van der Waals surface area contributed by atoms with Crippen LogP contribution in [0.3, 0.4) is 0 Å². The van der Waals surface area contributed by atoms with Crippen molar-refractivity contribution in [2.75, 3.05) is 0 Å². The van der Waals surface area contributed by atoms with E-state index < -0.39 is 0 Å². The second-order valence-electron chi connectivity index (χ2n) is 2.99. The van der Waals surface area contributed by atoms with Crippen molar-refractivity contribution in [2.24, 2.45) is 0 Å². The Morgan fingerprint density at radius 3 is 2.62 bits per heavy atom. The highest BCUT2D eigenvalue weighted by Gasteiger charge is 2.02. The molecule has 0 amide bonds. The van der Waals surface area contributed by atoms with E-state index in [0.717, 1.165) is 6.42 Å². The molecule has 0 nitrogen and oxygen atoms in total. The maximum absolute atomic E-state index is 2.20. The van der Waals surface area contributed by atoms with Crippen LogP contribution < -0.4 is 0 Å². The summed E-state index contributed by atoms with van der Waals surface area (Å²) in [5.74, 6) is 0. The van der Waals surface area contributed by atoms with E-state index >= 15 is 0 Å². The van der Waals surface area contributed by atoms with Crippen molar-refractivity contribution < 1.29 is 0 Å². The number of benzene rings is 1. The molecule has 0 radical (unpaired) electrons. The fraction of sp³-hybridized carbons (Fsp3) is 0.167. The van der Waals surface area contributed by atoms with E-state index in [9.17, 15) is 0 Å². The summed E-state index contributed by atoms with van der Waals surface area (Å²) in [6, 6.07) is 12.9. The third-order valence-corrected chi connectivity index (χ3v) is 3.09. The summed E-state index contributed by atoms with van der Waals surface area (Å²) in [7, 11) is 0. The smallest absolute Gasteiger partial charge is 0.0345 e. The molecule has 0 fully saturated rings. The van der Waals surface area contributed by atoms with Crippen molar-refractivity contribution in [2.45, 2.75) is 13.3 Å². The molecule has 0 saturated carbocycles. The van der Waals surface area contributed by atoms with Crippen molar-refractivity contribution in [1.82, 2.24) is 0 Å². The van der Waals surface area contributed by atoms with Crippen LogP contribution in [0.2, 0.25) is 0 Å². The Hall–Kier alpha value is -1.08. The maximum Gasteiger partial charge on any atom is 0.0345 e. The SMILES string of the molecule is CCc1ccccc1-c1cccs1. The first-order chi connectivity index (χ1) is 6.42. The lowest BCUT2D eigenvalue weighted by Crippen LogP contribution is -1.83. The molecule has 2 aromatic rings. The lowest BCUT2D eigenvalue weighted by atomic mass is 10.0. The highest BCUT2D eigenvalue weighted by molar-refractivity contribution is 7.13. The molecule has 1 heterocycles. The van der Waals surface area contributed by atoms with Gasteiger partial charge in [-0.15, -0.1) is 11.3 Å². The van der Waals surface area contributed by atoms with Gasteiger partial charge in [0, 0.05) is 4.88 Å². The molecular formula is C12H12S. The Morgan fingerprint density at radius 1 is 1.08 bits per heavy atom. The molecule has 66 valence electrons. The van der Waals surface area contributed by atoms with Crippen LogP contribution in [0.4, 0.5) is 0 Å². The number of hydrogen-bond donors (Lipinski definition) is 0. The molecular weight excluding hydrogens is 176 g/mol. The van der Waals surface area contributed by atoms with Crippen molar-refractivity contribution in [3.8, 4) is 10.4 Å². The van der Waals surface area contributed by atoms with Crippen molar-refractivity contribution >= 4 is 11.3 Å². The molecule has 1 aromatic carbocycles. The number of aryl methyl sites for hydroxylation is 1. The maximum atomic E-state index is 2.20. The topological polar surface area (TPSA) is 0 Å². The molecule has 0 spiro atoms. The average Bonchev–Trinajstić information content (AvgIpc) is 2.70. The molecule has 1 aromatic heterocycles. The first-order valence-corrected chi connectivity index (χ1v) is 5.41. The van der Waals surface area contributed by atoms with Gasteiger partial charge in [0.1, 0.15) is 0 Å². The molecule has 0 bridgehead atoms. The second-order valence-corrected chi connectivity index (χ2v) is 3.94. The molecule has 2 rings (SSSR count). The summed E-state index contributed by atoms with van der Waals surface area (Å²) in [6.45, 7) is 2.20. The number of rotatable bonds is 2. The quantitative estimate of drug-likeness (QED) is 0.668. The molecule has 0 saturated heterocycles. The third kappa shape index (κ3) is 1.65. The van der Waals surface area contributed by atoms with Crippen molar-refractivity contribution in [3.63, 3.8) is 0 Å². The van der Waals surface area contributed by atoms with Crippen LogP contribution in [0.15, 0.2) is 41.8 Å². The Morgan fingerprint density at radius 2 is 1.92 bits per heavy atom. The Balaban J connectivity index is 2.51. The first kappa shape index (κ1) is 8.52. The Labute approximate surface area is 82.9 Å². The summed E-state index contributed by atoms with van der Waals surface area (Å²) in [5, 5.41) is 2.13. The van der Waals surface area contributed by atoms with Crippen molar-refractivity contribution in [3.05, 3.63) is 47.3 Å². The van der Waals surface area contributed by atoms with Gasteiger partial charge in [0.05, 0.1) is 0 Å². The zero-order valence-electron chi connectivity index (χ0n) is 7.66. The first-order valence-electron chi connectivity index (χ1n) is 4.53. The Bertz CT molecular complexity index is 374. The van der Waals surface area contributed by atoms with Gasteiger partial charge in [-0.1, -0.05) is 37.3 Å². The minimum Gasteiger partial charge on any atom is -0.144 e. The van der Waals surface area contributed by atoms with Crippen LogP contribution in [0.5, 0.6) is 0 Å². The van der Waals surface area contributed by atoms with Crippen LogP contribution >= 0.6 is 11.3 Å². The predicted molar refractivity (Wildman–Crippen MR) is 59.1 cm³/mol. The van der Waals surface area contributed by atoms with Crippen LogP contribution in [0.1, 0.15) is 12.5 Å². The second kappa shape index (κ2) is 3.75. The standard InChI is InChI=1S/C12H12S/c1-2-10-6-3-4-7-11(10)12-8-5-9-13-12/h3-9H,2H2,1H3. The largest absolute Gasteiger partial charge is 0.144 e. The fourth-order valence-corrected chi connectivity index (χ4v) is 2.29. The molecule has 0 aliphatic carbocycles. The molecule has 0 unspecified atom stereocenters. The Kier molecular flexibility index (Phi) is 2.46. The fourth-order valence-electron chi connectivity index (χ4n) is 1.50. The summed E-state index contributed by atoms with van der Waals surface area (Å²) in [5.41, 5.74) is 2.82. The number of hydrogen-bond acceptors (Lipinski definition) is 1. The lowest BCUT2D eigenvalue weighted by Gasteiger charge is -2.03. The molecule has 0 aliphatic heterocycles. The normalized spacial score (nSPS) is 10.2. The molecule has 13 heavy (non-hydrogen) atoms. The van der Waals surface area contributed by atoms with Gasteiger partial charge >= 0.3 is 0 Å².